The van der Waals surface area contributed by atoms with Crippen LogP contribution in [0.15, 0.2) is 10.5 Å². The van der Waals surface area contributed by atoms with Crippen LogP contribution in [0.1, 0.15) is 28.0 Å². The van der Waals surface area contributed by atoms with Gasteiger partial charge in [-0.2, -0.15) is 0 Å². The van der Waals surface area contributed by atoms with Gasteiger partial charge < -0.3 is 4.74 Å². The molecule has 2 atom stereocenters. The summed E-state index contributed by atoms with van der Waals surface area (Å²) in [6.07, 6.45) is 2.31. The van der Waals surface area contributed by atoms with Gasteiger partial charge in [-0.1, -0.05) is 0 Å². The fraction of sp³-hybridized carbons (Fsp3) is 0.636. The van der Waals surface area contributed by atoms with E-state index in [9.17, 15) is 0 Å². The van der Waals surface area contributed by atoms with Crippen LogP contribution in [-0.2, 0) is 4.74 Å². The maximum absolute atomic E-state index is 6.50. The van der Waals surface area contributed by atoms with Crippen molar-refractivity contribution in [2.24, 2.45) is 5.92 Å². The van der Waals surface area contributed by atoms with E-state index < -0.39 is 0 Å². The van der Waals surface area contributed by atoms with E-state index in [1.807, 2.05) is 0 Å². The average Bonchev–Trinajstić information content (AvgIpc) is 2.58. The molecule has 2 heterocycles. The summed E-state index contributed by atoms with van der Waals surface area (Å²) in [6.45, 7) is 3.81. The molecule has 0 radical (unpaired) electrons. The second-order valence-corrected chi connectivity index (χ2v) is 6.56. The lowest BCUT2D eigenvalue weighted by atomic mass is 9.97. The zero-order valence-corrected chi connectivity index (χ0v) is 11.8. The number of alkyl halides is 1. The van der Waals surface area contributed by atoms with Gasteiger partial charge in [0.1, 0.15) is 0 Å². The molecule has 2 unspecified atom stereocenters. The van der Waals surface area contributed by atoms with Crippen molar-refractivity contribution < 1.29 is 4.74 Å². The van der Waals surface area contributed by atoms with E-state index in [0.717, 1.165) is 24.1 Å². The molecule has 1 aliphatic rings. The molecular weight excluding hydrogens is 296 g/mol. The van der Waals surface area contributed by atoms with E-state index >= 15 is 0 Å². The molecule has 0 amide bonds. The molecule has 1 saturated heterocycles. The van der Waals surface area contributed by atoms with Crippen molar-refractivity contribution in [1.29, 1.82) is 0 Å². The molecule has 0 aromatic carbocycles. The van der Waals surface area contributed by atoms with Gasteiger partial charge in [-0.25, -0.2) is 0 Å². The number of thiophene rings is 1. The minimum atomic E-state index is 0.0957. The fourth-order valence-electron chi connectivity index (χ4n) is 1.90. The third-order valence-electron chi connectivity index (χ3n) is 2.70. The number of aryl methyl sites for hydroxylation is 1. The molecule has 1 aromatic rings. The van der Waals surface area contributed by atoms with Crippen LogP contribution in [-0.4, -0.2) is 13.2 Å². The quantitative estimate of drug-likeness (QED) is 0.730. The first kappa shape index (κ1) is 11.9. The average molecular weight is 310 g/mol. The lowest BCUT2D eigenvalue weighted by Gasteiger charge is -2.25. The number of rotatable bonds is 2. The third kappa shape index (κ3) is 2.76. The summed E-state index contributed by atoms with van der Waals surface area (Å²) >= 11 is 11.9. The Kier molecular flexibility index (Phi) is 4.10. The standard InChI is InChI=1S/C11H14BrClOS/c1-7-5-9(12)11(15-7)10(13)8-3-2-4-14-6-8/h5,8,10H,2-4,6H2,1H3. The maximum Gasteiger partial charge on any atom is 0.0740 e. The Morgan fingerprint density at radius 3 is 3.00 bits per heavy atom. The van der Waals surface area contributed by atoms with Gasteiger partial charge in [0, 0.05) is 26.8 Å². The highest BCUT2D eigenvalue weighted by molar-refractivity contribution is 9.10. The van der Waals surface area contributed by atoms with Gasteiger partial charge in [0.25, 0.3) is 0 Å². The van der Waals surface area contributed by atoms with E-state index in [0.29, 0.717) is 5.92 Å². The van der Waals surface area contributed by atoms with Crippen LogP contribution in [0.5, 0.6) is 0 Å². The van der Waals surface area contributed by atoms with E-state index in [-0.39, 0.29) is 5.38 Å². The van der Waals surface area contributed by atoms with Crippen LogP contribution >= 0.6 is 38.9 Å². The lowest BCUT2D eigenvalue weighted by Crippen LogP contribution is -2.20. The Morgan fingerprint density at radius 1 is 1.67 bits per heavy atom. The maximum atomic E-state index is 6.50. The Hall–Kier alpha value is 0.430. The van der Waals surface area contributed by atoms with E-state index in [4.69, 9.17) is 16.3 Å². The van der Waals surface area contributed by atoms with Gasteiger partial charge in [0.15, 0.2) is 0 Å². The van der Waals surface area contributed by atoms with Crippen LogP contribution < -0.4 is 0 Å². The van der Waals surface area contributed by atoms with Crippen molar-refractivity contribution in [3.8, 4) is 0 Å². The number of hydrogen-bond acceptors (Lipinski definition) is 2. The molecule has 0 spiro atoms. The fourth-order valence-corrected chi connectivity index (χ4v) is 4.45. The molecule has 1 nitrogen and oxygen atoms in total. The van der Waals surface area contributed by atoms with Gasteiger partial charge >= 0.3 is 0 Å². The second-order valence-electron chi connectivity index (χ2n) is 3.95. The zero-order valence-electron chi connectivity index (χ0n) is 8.63. The van der Waals surface area contributed by atoms with Crippen molar-refractivity contribution in [3.05, 3.63) is 20.3 Å². The first-order valence-corrected chi connectivity index (χ1v) is 7.20. The Labute approximate surface area is 108 Å². The smallest absolute Gasteiger partial charge is 0.0740 e. The summed E-state index contributed by atoms with van der Waals surface area (Å²) < 4.78 is 6.62. The van der Waals surface area contributed by atoms with Crippen molar-refractivity contribution >= 4 is 38.9 Å². The van der Waals surface area contributed by atoms with Crippen LogP contribution in [0.4, 0.5) is 0 Å². The highest BCUT2D eigenvalue weighted by Crippen LogP contribution is 2.41. The van der Waals surface area contributed by atoms with Crippen LogP contribution in [0.3, 0.4) is 0 Å². The highest BCUT2D eigenvalue weighted by atomic mass is 79.9. The van der Waals surface area contributed by atoms with Crippen molar-refractivity contribution in [2.75, 3.05) is 13.2 Å². The molecule has 15 heavy (non-hydrogen) atoms. The van der Waals surface area contributed by atoms with Gasteiger partial charge in [-0.3, -0.25) is 0 Å². The Morgan fingerprint density at radius 2 is 2.47 bits per heavy atom. The van der Waals surface area contributed by atoms with E-state index in [1.165, 1.54) is 16.2 Å². The SMILES string of the molecule is Cc1cc(Br)c(C(Cl)C2CCCOC2)s1. The Bertz CT molecular complexity index is 333. The molecule has 0 aliphatic carbocycles. The summed E-state index contributed by atoms with van der Waals surface area (Å²) in [4.78, 5) is 2.56. The van der Waals surface area contributed by atoms with Crippen molar-refractivity contribution in [1.82, 2.24) is 0 Å². The second kappa shape index (κ2) is 5.17. The van der Waals surface area contributed by atoms with Crippen LogP contribution in [0, 0.1) is 12.8 Å². The molecule has 0 N–H and O–H groups in total. The van der Waals surface area contributed by atoms with Gasteiger partial charge in [0.05, 0.1) is 12.0 Å². The molecule has 0 saturated carbocycles. The minimum absolute atomic E-state index is 0.0957. The molecule has 4 heteroatoms. The van der Waals surface area contributed by atoms with Crippen LogP contribution in [0.25, 0.3) is 0 Å². The summed E-state index contributed by atoms with van der Waals surface area (Å²) in [5, 5.41) is 0.0957. The Balaban J connectivity index is 2.12. The van der Waals surface area contributed by atoms with Crippen molar-refractivity contribution in [2.45, 2.75) is 25.1 Å². The summed E-state index contributed by atoms with van der Waals surface area (Å²) in [6, 6.07) is 2.14. The number of halogens is 2. The van der Waals surface area contributed by atoms with E-state index in [2.05, 4.69) is 28.9 Å². The summed E-state index contributed by atoms with van der Waals surface area (Å²) in [5.41, 5.74) is 0. The largest absolute Gasteiger partial charge is 0.381 e. The van der Waals surface area contributed by atoms with E-state index in [1.54, 1.807) is 11.3 Å². The molecule has 0 bridgehead atoms. The third-order valence-corrected chi connectivity index (χ3v) is 5.45. The predicted molar refractivity (Wildman–Crippen MR) is 68.9 cm³/mol. The van der Waals surface area contributed by atoms with Gasteiger partial charge in [0.2, 0.25) is 0 Å². The van der Waals surface area contributed by atoms with Gasteiger partial charge in [-0.05, 0) is 41.8 Å². The topological polar surface area (TPSA) is 9.23 Å². The number of ether oxygens (including phenoxy) is 1. The molecule has 2 rings (SSSR count). The molecule has 1 fully saturated rings. The first-order valence-electron chi connectivity index (χ1n) is 5.16. The first-order chi connectivity index (χ1) is 7.18. The monoisotopic (exact) mass is 308 g/mol. The molecule has 1 aliphatic heterocycles. The number of hydrogen-bond donors (Lipinski definition) is 0. The zero-order chi connectivity index (χ0) is 10.8. The highest BCUT2D eigenvalue weighted by Gasteiger charge is 2.26. The molecule has 1 aromatic heterocycles. The van der Waals surface area contributed by atoms with Crippen LogP contribution in [0.2, 0.25) is 0 Å². The minimum Gasteiger partial charge on any atom is -0.381 e. The summed E-state index contributed by atoms with van der Waals surface area (Å²) in [5.74, 6) is 0.467. The molecule has 84 valence electrons. The van der Waals surface area contributed by atoms with Gasteiger partial charge in [-0.15, -0.1) is 22.9 Å². The normalized spacial score (nSPS) is 24.1. The summed E-state index contributed by atoms with van der Waals surface area (Å²) in [7, 11) is 0. The molecular formula is C11H14BrClOS. The van der Waals surface area contributed by atoms with Crippen molar-refractivity contribution in [3.63, 3.8) is 0 Å². The lowest BCUT2D eigenvalue weighted by molar-refractivity contribution is 0.0534. The predicted octanol–water partition coefficient (Wildman–Crippen LogP) is 4.53.